The summed E-state index contributed by atoms with van der Waals surface area (Å²) >= 11 is 0. The van der Waals surface area contributed by atoms with E-state index in [0.717, 1.165) is 0 Å². The van der Waals surface area contributed by atoms with Crippen molar-refractivity contribution in [2.24, 2.45) is 0 Å². The molecule has 0 amide bonds. The zero-order valence-corrected chi connectivity index (χ0v) is 9.50. The van der Waals surface area contributed by atoms with E-state index in [1.54, 1.807) is 4.98 Å². The Bertz CT molecular complexity index is 660. The predicted octanol–water partition coefficient (Wildman–Crippen LogP) is -1.71. The highest BCUT2D eigenvalue weighted by molar-refractivity contribution is 5.73. The third-order valence-corrected chi connectivity index (χ3v) is 2.64. The van der Waals surface area contributed by atoms with E-state index in [2.05, 4.69) is 4.74 Å². The molecule has 0 aliphatic carbocycles. The molecule has 3 N–H and O–H groups in total. The van der Waals surface area contributed by atoms with Gasteiger partial charge in [0.05, 0.1) is 6.93 Å². The molecule has 1 saturated heterocycles. The van der Waals surface area contributed by atoms with Crippen LogP contribution >= 0.6 is 0 Å². The van der Waals surface area contributed by atoms with Crippen LogP contribution in [-0.4, -0.2) is 44.6 Å². The van der Waals surface area contributed by atoms with Crippen molar-refractivity contribution in [3.63, 3.8) is 0 Å². The van der Waals surface area contributed by atoms with Crippen LogP contribution in [0.2, 0.25) is 0 Å². The minimum atomic E-state index is -2.70. The van der Waals surface area contributed by atoms with Gasteiger partial charge in [0.1, 0.15) is 12.7 Å². The molecule has 3 atom stereocenters. The number of nitrogens with zero attached hydrogens (tertiary/aromatic N) is 1. The van der Waals surface area contributed by atoms with Crippen molar-refractivity contribution in [2.45, 2.75) is 24.6 Å². The van der Waals surface area contributed by atoms with Crippen LogP contribution in [0.25, 0.3) is 0 Å². The molecule has 9 heteroatoms. The van der Waals surface area contributed by atoms with E-state index in [1.807, 2.05) is 0 Å². The van der Waals surface area contributed by atoms with E-state index in [4.69, 9.17) is 6.48 Å². The maximum Gasteiger partial charge on any atom is 0.330 e. The van der Waals surface area contributed by atoms with Gasteiger partial charge in [-0.3, -0.25) is 19.1 Å². The maximum absolute atomic E-state index is 13.9. The minimum Gasteiger partial charge on any atom is -0.390 e. The number of halogens is 1. The number of aliphatic hydroxyl groups excluding tert-OH is 2. The van der Waals surface area contributed by atoms with Gasteiger partial charge in [0.15, 0.2) is 12.5 Å². The maximum atomic E-state index is 13.9. The molecular weight excluding hydrogens is 263 g/mol. The van der Waals surface area contributed by atoms with Gasteiger partial charge in [-0.1, -0.05) is 0 Å². The van der Waals surface area contributed by atoms with Crippen LogP contribution in [0.5, 0.6) is 0 Å². The number of hydrogen-bond acceptors (Lipinski definition) is 6. The summed E-state index contributed by atoms with van der Waals surface area (Å²) in [6.07, 6.45) is -4.31. The fourth-order valence-corrected chi connectivity index (χ4v) is 1.71. The second kappa shape index (κ2) is 4.68. The fourth-order valence-electron chi connectivity index (χ4n) is 1.71. The van der Waals surface area contributed by atoms with E-state index < -0.39 is 48.0 Å². The van der Waals surface area contributed by atoms with E-state index in [9.17, 15) is 23.9 Å². The highest BCUT2D eigenvalue weighted by Gasteiger charge is 2.47. The molecular formula is C10H11FN2O6. The Morgan fingerprint density at radius 3 is 2.95 bits per heavy atom. The smallest absolute Gasteiger partial charge is 0.330 e. The summed E-state index contributed by atoms with van der Waals surface area (Å²) in [4.78, 5) is 35.3. The Kier molecular flexibility index (Phi) is 3.01. The molecule has 0 spiro atoms. The Morgan fingerprint density at radius 1 is 1.74 bits per heavy atom. The summed E-state index contributed by atoms with van der Waals surface area (Å²) in [5.74, 6) is -2.70. The molecule has 0 radical (unpaired) electrons. The lowest BCUT2D eigenvalue weighted by Gasteiger charge is -2.19. The first-order chi connectivity index (χ1) is 9.25. The van der Waals surface area contributed by atoms with Gasteiger partial charge in [0.2, 0.25) is 5.85 Å². The average molecular weight is 275 g/mol. The molecule has 2 heterocycles. The summed E-state index contributed by atoms with van der Waals surface area (Å²) in [5, 5.41) is 18.6. The molecule has 8 nitrogen and oxygen atoms in total. The molecule has 1 aromatic heterocycles. The summed E-state index contributed by atoms with van der Waals surface area (Å²) in [6.45, 7) is -1.12. The topological polar surface area (TPSA) is 122 Å². The third kappa shape index (κ3) is 2.35. The highest BCUT2D eigenvalue weighted by Crippen LogP contribution is 2.36. The summed E-state index contributed by atoms with van der Waals surface area (Å²) in [7, 11) is 0. The van der Waals surface area contributed by atoms with Gasteiger partial charge in [-0.25, -0.2) is 9.18 Å². The lowest BCUT2D eigenvalue weighted by molar-refractivity contribution is -0.180. The first-order valence-electron chi connectivity index (χ1n) is 5.75. The van der Waals surface area contributed by atoms with Crippen LogP contribution in [-0.2, 0) is 4.74 Å². The zero-order valence-electron chi connectivity index (χ0n) is 10.5. The van der Waals surface area contributed by atoms with Gasteiger partial charge >= 0.3 is 5.69 Å². The minimum absolute atomic E-state index is 0.133. The van der Waals surface area contributed by atoms with Gasteiger partial charge < -0.3 is 14.9 Å². The number of rotatable bonds is 3. The van der Waals surface area contributed by atoms with Gasteiger partial charge in [-0.05, 0) is 0 Å². The Labute approximate surface area is 106 Å². The van der Waals surface area contributed by atoms with Gasteiger partial charge in [0.25, 0.3) is 5.56 Å². The summed E-state index contributed by atoms with van der Waals surface area (Å²) in [6, 6.07) is 0. The fraction of sp³-hybridized carbons (Fsp3) is 0.500. The van der Waals surface area contributed by atoms with Crippen molar-refractivity contribution >= 4 is 6.29 Å². The number of nitrogens with one attached hydrogen (secondary N) is 1. The third-order valence-electron chi connectivity index (χ3n) is 2.64. The highest BCUT2D eigenvalue weighted by atomic mass is 19.2. The van der Waals surface area contributed by atoms with Crippen LogP contribution in [0.3, 0.4) is 0 Å². The Balaban J connectivity index is 2.59. The van der Waals surface area contributed by atoms with E-state index in [1.165, 1.54) is 0 Å². The number of carbonyl (C=O) groups is 1. The molecule has 1 aliphatic rings. The number of H-pyrrole nitrogens is 1. The van der Waals surface area contributed by atoms with Gasteiger partial charge in [-0.2, -0.15) is 0 Å². The Morgan fingerprint density at radius 2 is 2.42 bits per heavy atom. The number of carbonyl (C=O) groups excluding carboxylic acids is 1. The van der Waals surface area contributed by atoms with Crippen molar-refractivity contribution in [3.05, 3.63) is 32.6 Å². The van der Waals surface area contributed by atoms with E-state index in [-0.39, 0.29) is 6.29 Å². The SMILES string of the molecule is [2H][C@@]1(n2cc(C=O)c(=O)[nH]c2=O)O[C@](F)(CO)C[C@H]1O. The molecule has 1 aliphatic heterocycles. The molecule has 1 fully saturated rings. The number of alkyl halides is 1. The molecule has 104 valence electrons. The van der Waals surface area contributed by atoms with Crippen molar-refractivity contribution < 1.29 is 25.5 Å². The molecule has 0 unspecified atom stereocenters. The van der Waals surface area contributed by atoms with Crippen molar-refractivity contribution in [1.82, 2.24) is 9.55 Å². The predicted molar refractivity (Wildman–Crippen MR) is 58.4 cm³/mol. The van der Waals surface area contributed by atoms with Gasteiger partial charge in [-0.15, -0.1) is 0 Å². The molecule has 1 aromatic rings. The van der Waals surface area contributed by atoms with Crippen LogP contribution in [0.1, 0.15) is 24.4 Å². The second-order valence-electron chi connectivity index (χ2n) is 4.03. The normalized spacial score (nSPS) is 35.1. The number of aromatic amines is 1. The molecule has 0 bridgehead atoms. The number of aliphatic hydroxyl groups is 2. The number of ether oxygens (including phenoxy) is 1. The first kappa shape index (κ1) is 12.2. The largest absolute Gasteiger partial charge is 0.390 e. The van der Waals surface area contributed by atoms with Crippen molar-refractivity contribution in [2.75, 3.05) is 6.61 Å². The van der Waals surface area contributed by atoms with Crippen molar-refractivity contribution in [3.8, 4) is 0 Å². The summed E-state index contributed by atoms with van der Waals surface area (Å²) in [5.41, 5.74) is -2.63. The molecule has 0 saturated carbocycles. The summed E-state index contributed by atoms with van der Waals surface area (Å²) < 4.78 is 26.7. The lowest BCUT2D eigenvalue weighted by Crippen LogP contribution is -2.37. The van der Waals surface area contributed by atoms with Crippen LogP contribution in [0.4, 0.5) is 4.39 Å². The zero-order chi connectivity index (χ0) is 15.1. The molecule has 2 rings (SSSR count). The lowest BCUT2D eigenvalue weighted by atomic mass is 10.2. The quantitative estimate of drug-likeness (QED) is 0.564. The van der Waals surface area contributed by atoms with E-state index in [0.29, 0.717) is 10.8 Å². The van der Waals surface area contributed by atoms with Crippen LogP contribution in [0.15, 0.2) is 15.8 Å². The monoisotopic (exact) mass is 275 g/mol. The van der Waals surface area contributed by atoms with Crippen LogP contribution in [0, 0.1) is 0 Å². The van der Waals surface area contributed by atoms with Gasteiger partial charge in [0, 0.05) is 12.6 Å². The average Bonchev–Trinajstić information content (AvgIpc) is 2.61. The second-order valence-corrected chi connectivity index (χ2v) is 4.03. The number of aromatic nitrogens is 2. The van der Waals surface area contributed by atoms with E-state index >= 15 is 0 Å². The first-order valence-corrected chi connectivity index (χ1v) is 5.25. The Hall–Kier alpha value is -1.84. The molecule has 19 heavy (non-hydrogen) atoms. The van der Waals surface area contributed by atoms with Crippen molar-refractivity contribution in [1.29, 1.82) is 0 Å². The molecule has 0 aromatic carbocycles. The number of hydrogen-bond donors (Lipinski definition) is 3. The van der Waals surface area contributed by atoms with Crippen LogP contribution < -0.4 is 11.2 Å². The standard InChI is InChI=1S/C10H11FN2O6/c11-10(4-15)1-6(16)8(19-10)13-2-5(3-14)7(17)12-9(13)18/h2-3,6,8,15-16H,1,4H2,(H,12,17,18)/t6-,8-,10+/m1/s1/i8D. The number of aldehydes is 1.